The van der Waals surface area contributed by atoms with Crippen LogP contribution in [0.2, 0.25) is 0 Å². The summed E-state index contributed by atoms with van der Waals surface area (Å²) in [6, 6.07) is 0. The van der Waals surface area contributed by atoms with Crippen molar-refractivity contribution in [3.05, 3.63) is 60.8 Å². The van der Waals surface area contributed by atoms with Gasteiger partial charge in [0, 0.05) is 10.8 Å². The quantitative estimate of drug-likeness (QED) is 0.541. The van der Waals surface area contributed by atoms with Crippen molar-refractivity contribution in [2.24, 2.45) is 22.7 Å². The van der Waals surface area contributed by atoms with Gasteiger partial charge in [0.1, 0.15) is 6.17 Å². The number of hydrogen-bond donors (Lipinski definition) is 0. The zero-order valence-electron chi connectivity index (χ0n) is 14.0. The van der Waals surface area contributed by atoms with Crippen molar-refractivity contribution in [3.63, 3.8) is 0 Å². The summed E-state index contributed by atoms with van der Waals surface area (Å²) >= 11 is 0. The van der Waals surface area contributed by atoms with Crippen LogP contribution in [0.5, 0.6) is 0 Å². The number of rotatable bonds is 2. The van der Waals surface area contributed by atoms with Crippen molar-refractivity contribution in [3.8, 4) is 0 Å². The lowest BCUT2D eigenvalue weighted by molar-refractivity contribution is 0.0942. The molecule has 2 unspecified atom stereocenters. The summed E-state index contributed by atoms with van der Waals surface area (Å²) in [5.74, 6) is 0.933. The van der Waals surface area contributed by atoms with E-state index in [1.54, 1.807) is 0 Å². The number of halogens is 1. The van der Waals surface area contributed by atoms with E-state index >= 15 is 0 Å². The van der Waals surface area contributed by atoms with Crippen LogP contribution in [0.25, 0.3) is 0 Å². The molecule has 1 heteroatoms. The van der Waals surface area contributed by atoms with E-state index in [-0.39, 0.29) is 10.8 Å². The molecule has 0 amide bonds. The van der Waals surface area contributed by atoms with Gasteiger partial charge in [-0.05, 0) is 56.8 Å². The molecule has 0 heterocycles. The maximum absolute atomic E-state index is 14.7. The van der Waals surface area contributed by atoms with Crippen molar-refractivity contribution in [2.45, 2.75) is 51.1 Å². The molecule has 0 spiro atoms. The molecule has 2 saturated carbocycles. The molecule has 0 N–H and O–H groups in total. The monoisotopic (exact) mass is 310 g/mol. The van der Waals surface area contributed by atoms with Crippen molar-refractivity contribution < 1.29 is 4.39 Å². The zero-order valence-corrected chi connectivity index (χ0v) is 14.0. The molecule has 0 aromatic rings. The zero-order chi connectivity index (χ0) is 16.2. The summed E-state index contributed by atoms with van der Waals surface area (Å²) in [5, 5.41) is 0. The molecular weight excluding hydrogens is 283 g/mol. The molecule has 4 rings (SSSR count). The minimum Gasteiger partial charge on any atom is -0.247 e. The van der Waals surface area contributed by atoms with Gasteiger partial charge in [-0.1, -0.05) is 47.6 Å². The molecule has 0 bridgehead atoms. The molecule has 0 saturated heterocycles. The topological polar surface area (TPSA) is 0 Å². The highest BCUT2D eigenvalue weighted by atomic mass is 19.1. The fourth-order valence-corrected chi connectivity index (χ4v) is 6.09. The van der Waals surface area contributed by atoms with Gasteiger partial charge in [0.15, 0.2) is 0 Å². The first-order valence-corrected chi connectivity index (χ1v) is 9.08. The van der Waals surface area contributed by atoms with Crippen LogP contribution in [0.1, 0.15) is 44.9 Å². The maximum atomic E-state index is 14.7. The highest BCUT2D eigenvalue weighted by Gasteiger charge is 2.57. The predicted molar refractivity (Wildman–Crippen MR) is 94.8 cm³/mol. The lowest BCUT2D eigenvalue weighted by Crippen LogP contribution is -2.45. The average Bonchev–Trinajstić information content (AvgIpc) is 2.92. The highest BCUT2D eigenvalue weighted by Crippen LogP contribution is 2.64. The Balaban J connectivity index is 1.82. The van der Waals surface area contributed by atoms with Gasteiger partial charge in [-0.3, -0.25) is 0 Å². The second-order valence-corrected chi connectivity index (χ2v) is 7.98. The van der Waals surface area contributed by atoms with Crippen molar-refractivity contribution in [1.29, 1.82) is 0 Å². The summed E-state index contributed by atoms with van der Waals surface area (Å²) in [5.41, 5.74) is 3.99. The summed E-state index contributed by atoms with van der Waals surface area (Å²) in [4.78, 5) is 0. The molecule has 5 atom stereocenters. The summed E-state index contributed by atoms with van der Waals surface area (Å²) in [7, 11) is 0. The Hall–Kier alpha value is -1.37. The van der Waals surface area contributed by atoms with E-state index in [1.165, 1.54) is 16.7 Å². The summed E-state index contributed by atoms with van der Waals surface area (Å²) in [6.07, 6.45) is 15.0. The molecule has 23 heavy (non-hydrogen) atoms. The molecule has 0 aromatic heterocycles. The van der Waals surface area contributed by atoms with Gasteiger partial charge in [0.05, 0.1) is 0 Å². The normalized spacial score (nSPS) is 45.3. The molecule has 4 aliphatic carbocycles. The maximum Gasteiger partial charge on any atom is 0.110 e. The third kappa shape index (κ3) is 1.83. The molecule has 4 aliphatic rings. The Morgan fingerprint density at radius 1 is 1.13 bits per heavy atom. The van der Waals surface area contributed by atoms with Gasteiger partial charge >= 0.3 is 0 Å². The first-order chi connectivity index (χ1) is 11.1. The number of fused-ring (bicyclic) bond motifs is 5. The second kappa shape index (κ2) is 5.06. The van der Waals surface area contributed by atoms with E-state index in [4.69, 9.17) is 0 Å². The van der Waals surface area contributed by atoms with Crippen LogP contribution in [0.15, 0.2) is 60.8 Å². The van der Waals surface area contributed by atoms with Gasteiger partial charge in [0.25, 0.3) is 0 Å². The Bertz CT molecular complexity index is 636. The SMILES string of the molecule is C=C[C@]12CCC(=C)C=C1CCC1C2=CC[C@@]2(C=C)C1CC[C@@H]2F. The first-order valence-electron chi connectivity index (χ1n) is 9.08. The number of allylic oxidation sites excluding steroid dienone is 7. The minimum absolute atomic E-state index is 0.0197. The van der Waals surface area contributed by atoms with Gasteiger partial charge in [0.2, 0.25) is 0 Å². The minimum atomic E-state index is -0.717. The van der Waals surface area contributed by atoms with E-state index in [9.17, 15) is 4.39 Å². The Morgan fingerprint density at radius 2 is 1.96 bits per heavy atom. The van der Waals surface area contributed by atoms with Crippen LogP contribution in [0.3, 0.4) is 0 Å². The molecule has 0 aromatic carbocycles. The molecule has 2 fully saturated rings. The molecular formula is C22H27F. The van der Waals surface area contributed by atoms with E-state index in [0.717, 1.165) is 38.5 Å². The standard InChI is InChI=1S/C22H27F/c1-4-21-12-10-15(3)14-16(21)6-7-17-18-8-9-20(23)22(18,5-2)13-11-19(17)21/h4-5,11,14,17-18,20H,1-3,6-10,12-13H2/t17?,18?,20-,21-,22-/m0/s1. The van der Waals surface area contributed by atoms with E-state index < -0.39 is 6.17 Å². The second-order valence-electron chi connectivity index (χ2n) is 7.98. The third-order valence-electron chi connectivity index (χ3n) is 7.33. The smallest absolute Gasteiger partial charge is 0.110 e. The van der Waals surface area contributed by atoms with Gasteiger partial charge in [-0.25, -0.2) is 4.39 Å². The first kappa shape index (κ1) is 15.2. The fraction of sp³-hybridized carbons (Fsp3) is 0.545. The Morgan fingerprint density at radius 3 is 2.70 bits per heavy atom. The van der Waals surface area contributed by atoms with Gasteiger partial charge in [-0.15, -0.1) is 13.2 Å². The molecule has 122 valence electrons. The average molecular weight is 310 g/mol. The van der Waals surface area contributed by atoms with E-state index in [2.05, 4.69) is 38.0 Å². The van der Waals surface area contributed by atoms with Crippen LogP contribution >= 0.6 is 0 Å². The van der Waals surface area contributed by atoms with Crippen LogP contribution in [0.4, 0.5) is 4.39 Å². The van der Waals surface area contributed by atoms with Gasteiger partial charge < -0.3 is 0 Å². The van der Waals surface area contributed by atoms with E-state index in [1.807, 2.05) is 6.08 Å². The number of alkyl halides is 1. The van der Waals surface area contributed by atoms with Crippen LogP contribution < -0.4 is 0 Å². The fourth-order valence-electron chi connectivity index (χ4n) is 6.09. The summed E-state index contributed by atoms with van der Waals surface area (Å²) < 4.78 is 14.7. The van der Waals surface area contributed by atoms with Crippen LogP contribution in [-0.2, 0) is 0 Å². The molecule has 0 aliphatic heterocycles. The van der Waals surface area contributed by atoms with Crippen LogP contribution in [0, 0.1) is 22.7 Å². The molecule has 0 nitrogen and oxygen atoms in total. The predicted octanol–water partition coefficient (Wildman–Crippen LogP) is 6.10. The van der Waals surface area contributed by atoms with Crippen molar-refractivity contribution in [1.82, 2.24) is 0 Å². The lowest BCUT2D eigenvalue weighted by Gasteiger charge is -2.53. The summed E-state index contributed by atoms with van der Waals surface area (Å²) in [6.45, 7) is 12.4. The highest BCUT2D eigenvalue weighted by molar-refractivity contribution is 5.47. The lowest BCUT2D eigenvalue weighted by atomic mass is 9.51. The Labute approximate surface area is 139 Å². The Kier molecular flexibility index (Phi) is 3.34. The number of hydrogen-bond acceptors (Lipinski definition) is 0. The van der Waals surface area contributed by atoms with Crippen molar-refractivity contribution in [2.75, 3.05) is 0 Å². The third-order valence-corrected chi connectivity index (χ3v) is 7.33. The van der Waals surface area contributed by atoms with Crippen LogP contribution in [-0.4, -0.2) is 6.17 Å². The molecule has 0 radical (unpaired) electrons. The van der Waals surface area contributed by atoms with E-state index in [0.29, 0.717) is 18.3 Å². The van der Waals surface area contributed by atoms with Crippen molar-refractivity contribution >= 4 is 0 Å². The largest absolute Gasteiger partial charge is 0.247 e. The van der Waals surface area contributed by atoms with Gasteiger partial charge in [-0.2, -0.15) is 0 Å².